The third-order valence-corrected chi connectivity index (χ3v) is 1.52. The van der Waals surface area contributed by atoms with Gasteiger partial charge in [0.1, 0.15) is 0 Å². The number of carboxylic acids is 2. The molecule has 8 heteroatoms. The minimum Gasteiger partial charge on any atom is -0.479 e. The van der Waals surface area contributed by atoms with Crippen molar-refractivity contribution in [2.24, 2.45) is 0 Å². The third kappa shape index (κ3) is 2.60. The van der Waals surface area contributed by atoms with Crippen molar-refractivity contribution in [2.75, 3.05) is 0 Å². The maximum absolute atomic E-state index is 11.8. The molecule has 4 N–H and O–H groups in total. The Bertz CT molecular complexity index is 242. The number of halogens is 2. The minimum absolute atomic E-state index is 1.66. The van der Waals surface area contributed by atoms with Crippen LogP contribution in [0.15, 0.2) is 0 Å². The SMILES string of the molecule is O=C(O)C(O)C(O)(CC(F)F)C(=O)O. The van der Waals surface area contributed by atoms with Crippen molar-refractivity contribution in [1.29, 1.82) is 0 Å². The molecule has 0 heterocycles. The zero-order valence-electron chi connectivity index (χ0n) is 6.72. The van der Waals surface area contributed by atoms with Crippen molar-refractivity contribution in [3.05, 3.63) is 0 Å². The first kappa shape index (κ1) is 12.7. The molecule has 0 amide bonds. The smallest absolute Gasteiger partial charge is 0.339 e. The van der Waals surface area contributed by atoms with Crippen LogP contribution < -0.4 is 0 Å². The Labute approximate surface area is 76.4 Å². The average molecular weight is 214 g/mol. The standard InChI is InChI=1S/C6H8F2O6/c7-2(8)1-6(14,5(12)13)3(9)4(10)11/h2-3,9,14H,1H2,(H,10,11)(H,12,13). The van der Waals surface area contributed by atoms with Crippen molar-refractivity contribution in [3.8, 4) is 0 Å². The number of aliphatic hydroxyl groups is 2. The van der Waals surface area contributed by atoms with E-state index in [1.54, 1.807) is 0 Å². The molecule has 0 aromatic rings. The average Bonchev–Trinajstić information content (AvgIpc) is 2.00. The predicted molar refractivity (Wildman–Crippen MR) is 36.8 cm³/mol. The highest BCUT2D eigenvalue weighted by molar-refractivity contribution is 5.87. The van der Waals surface area contributed by atoms with E-state index in [0.29, 0.717) is 0 Å². The molecule has 0 aromatic carbocycles. The first-order valence-corrected chi connectivity index (χ1v) is 3.36. The summed E-state index contributed by atoms with van der Waals surface area (Å²) in [4.78, 5) is 20.4. The fourth-order valence-corrected chi connectivity index (χ4v) is 0.755. The largest absolute Gasteiger partial charge is 0.479 e. The van der Waals surface area contributed by atoms with Crippen molar-refractivity contribution in [3.63, 3.8) is 0 Å². The lowest BCUT2D eigenvalue weighted by Gasteiger charge is -2.25. The number of carbonyl (C=O) groups is 2. The van der Waals surface area contributed by atoms with E-state index >= 15 is 0 Å². The molecule has 0 bridgehead atoms. The van der Waals surface area contributed by atoms with E-state index in [4.69, 9.17) is 20.4 Å². The lowest BCUT2D eigenvalue weighted by molar-refractivity contribution is -0.188. The van der Waals surface area contributed by atoms with Crippen LogP contribution in [-0.4, -0.2) is 50.5 Å². The summed E-state index contributed by atoms with van der Waals surface area (Å²) in [6.07, 6.45) is -7.70. The van der Waals surface area contributed by atoms with Crippen LogP contribution in [0.1, 0.15) is 6.42 Å². The van der Waals surface area contributed by atoms with Crippen molar-refractivity contribution < 1.29 is 38.8 Å². The van der Waals surface area contributed by atoms with Gasteiger partial charge in [0.15, 0.2) is 6.10 Å². The molecule has 82 valence electrons. The quantitative estimate of drug-likeness (QED) is 0.462. The van der Waals surface area contributed by atoms with Crippen LogP contribution in [0.25, 0.3) is 0 Å². The van der Waals surface area contributed by atoms with Crippen LogP contribution in [0.2, 0.25) is 0 Å². The normalized spacial score (nSPS) is 17.5. The van der Waals surface area contributed by atoms with Gasteiger partial charge in [-0.1, -0.05) is 0 Å². The summed E-state index contributed by atoms with van der Waals surface area (Å²) in [7, 11) is 0. The van der Waals surface area contributed by atoms with Crippen molar-refractivity contribution >= 4 is 11.9 Å². The monoisotopic (exact) mass is 214 g/mol. The van der Waals surface area contributed by atoms with Crippen LogP contribution in [0.3, 0.4) is 0 Å². The second-order valence-corrected chi connectivity index (χ2v) is 2.57. The van der Waals surface area contributed by atoms with Gasteiger partial charge >= 0.3 is 11.9 Å². The van der Waals surface area contributed by atoms with E-state index in [2.05, 4.69) is 0 Å². The molecule has 0 spiro atoms. The van der Waals surface area contributed by atoms with Gasteiger partial charge in [-0.15, -0.1) is 0 Å². The van der Waals surface area contributed by atoms with Crippen LogP contribution in [0.5, 0.6) is 0 Å². The molecule has 0 aromatic heterocycles. The molecule has 0 saturated carbocycles. The summed E-state index contributed by atoms with van der Waals surface area (Å²) in [5.41, 5.74) is -3.37. The van der Waals surface area contributed by atoms with Gasteiger partial charge in [-0.3, -0.25) is 0 Å². The first-order valence-electron chi connectivity index (χ1n) is 3.36. The van der Waals surface area contributed by atoms with Gasteiger partial charge < -0.3 is 20.4 Å². The molecule has 0 fully saturated rings. The molecule has 0 radical (unpaired) electrons. The fraction of sp³-hybridized carbons (Fsp3) is 0.667. The molecular formula is C6H8F2O6. The van der Waals surface area contributed by atoms with E-state index < -0.39 is 36.5 Å². The Morgan fingerprint density at radius 3 is 1.93 bits per heavy atom. The minimum atomic E-state index is -3.37. The molecule has 2 atom stereocenters. The molecule has 0 aliphatic rings. The molecule has 0 saturated heterocycles. The summed E-state index contributed by atoms with van der Waals surface area (Å²) in [6.45, 7) is 0. The van der Waals surface area contributed by atoms with E-state index in [0.717, 1.165) is 0 Å². The van der Waals surface area contributed by atoms with Crippen LogP contribution in [0, 0.1) is 0 Å². The number of carboxylic acid groups (broad SMARTS) is 2. The van der Waals surface area contributed by atoms with Gasteiger partial charge in [-0.25, -0.2) is 18.4 Å². The lowest BCUT2D eigenvalue weighted by atomic mass is 9.93. The molecule has 0 rings (SSSR count). The number of hydrogen-bond donors (Lipinski definition) is 4. The van der Waals surface area contributed by atoms with Crippen molar-refractivity contribution in [1.82, 2.24) is 0 Å². The maximum atomic E-state index is 11.8. The third-order valence-electron chi connectivity index (χ3n) is 1.52. The number of aliphatic hydroxyl groups excluding tert-OH is 1. The van der Waals surface area contributed by atoms with E-state index in [-0.39, 0.29) is 0 Å². The summed E-state index contributed by atoms with van der Waals surface area (Å²) >= 11 is 0. The summed E-state index contributed by atoms with van der Waals surface area (Å²) in [5, 5.41) is 34.1. The van der Waals surface area contributed by atoms with Gasteiger partial charge in [-0.2, -0.15) is 0 Å². The highest BCUT2D eigenvalue weighted by Crippen LogP contribution is 2.21. The van der Waals surface area contributed by atoms with Crippen LogP contribution in [-0.2, 0) is 9.59 Å². The van der Waals surface area contributed by atoms with E-state index in [9.17, 15) is 18.4 Å². The Morgan fingerprint density at radius 2 is 1.71 bits per heavy atom. The van der Waals surface area contributed by atoms with Gasteiger partial charge in [0.25, 0.3) is 0 Å². The molecule has 2 unspecified atom stereocenters. The maximum Gasteiger partial charge on any atom is 0.339 e. The van der Waals surface area contributed by atoms with Gasteiger partial charge in [0, 0.05) is 0 Å². The Kier molecular flexibility index (Phi) is 3.90. The number of rotatable bonds is 5. The lowest BCUT2D eigenvalue weighted by Crippen LogP contribution is -2.54. The predicted octanol–water partition coefficient (Wildman–Crippen LogP) is -1.10. The highest BCUT2D eigenvalue weighted by Gasteiger charge is 2.49. The first-order chi connectivity index (χ1) is 6.21. The summed E-state index contributed by atoms with van der Waals surface area (Å²) < 4.78 is 23.6. The Morgan fingerprint density at radius 1 is 1.29 bits per heavy atom. The molecule has 0 aliphatic carbocycles. The molecular weight excluding hydrogens is 206 g/mol. The Balaban J connectivity index is 4.89. The zero-order chi connectivity index (χ0) is 11.5. The zero-order valence-corrected chi connectivity index (χ0v) is 6.72. The number of hydrogen-bond acceptors (Lipinski definition) is 4. The fourth-order valence-electron chi connectivity index (χ4n) is 0.755. The van der Waals surface area contributed by atoms with Crippen molar-refractivity contribution in [2.45, 2.75) is 24.6 Å². The van der Waals surface area contributed by atoms with Gasteiger partial charge in [0.05, 0.1) is 6.42 Å². The number of aliphatic carboxylic acids is 2. The van der Waals surface area contributed by atoms with Gasteiger partial charge in [0.2, 0.25) is 12.0 Å². The molecule has 0 aliphatic heterocycles. The summed E-state index contributed by atoms with van der Waals surface area (Å²) in [6, 6.07) is 0. The van der Waals surface area contributed by atoms with E-state index in [1.165, 1.54) is 0 Å². The van der Waals surface area contributed by atoms with Gasteiger partial charge in [-0.05, 0) is 0 Å². The van der Waals surface area contributed by atoms with Crippen LogP contribution in [0.4, 0.5) is 8.78 Å². The van der Waals surface area contributed by atoms with E-state index in [1.807, 2.05) is 0 Å². The second kappa shape index (κ2) is 4.29. The topological polar surface area (TPSA) is 115 Å². The highest BCUT2D eigenvalue weighted by atomic mass is 19.3. The Hall–Kier alpha value is -1.28. The molecule has 14 heavy (non-hydrogen) atoms. The van der Waals surface area contributed by atoms with Crippen LogP contribution >= 0.6 is 0 Å². The number of alkyl halides is 2. The summed E-state index contributed by atoms with van der Waals surface area (Å²) in [5.74, 6) is -4.30. The molecule has 6 nitrogen and oxygen atoms in total. The second-order valence-electron chi connectivity index (χ2n) is 2.57.